The molecule has 0 unspecified atom stereocenters. The molecule has 0 radical (unpaired) electrons. The van der Waals surface area contributed by atoms with Crippen molar-refractivity contribution in [1.82, 2.24) is 15.1 Å². The lowest BCUT2D eigenvalue weighted by molar-refractivity contribution is 0.200. The van der Waals surface area contributed by atoms with E-state index >= 15 is 0 Å². The first-order valence-electron chi connectivity index (χ1n) is 7.05. The SMILES string of the molecule is Nc1nnc(N2CCN(CCOc3ccccc3)CC2)s1. The molecule has 1 aliphatic rings. The van der Waals surface area contributed by atoms with Crippen LogP contribution in [0.2, 0.25) is 0 Å². The summed E-state index contributed by atoms with van der Waals surface area (Å²) in [4.78, 5) is 4.65. The summed E-state index contributed by atoms with van der Waals surface area (Å²) in [7, 11) is 0. The quantitative estimate of drug-likeness (QED) is 0.898. The van der Waals surface area contributed by atoms with Gasteiger partial charge in [-0.15, -0.1) is 10.2 Å². The van der Waals surface area contributed by atoms with Crippen LogP contribution in [0.3, 0.4) is 0 Å². The third-order valence-corrected chi connectivity index (χ3v) is 4.31. The maximum absolute atomic E-state index is 5.73. The minimum absolute atomic E-state index is 0.531. The Morgan fingerprint density at radius 1 is 1.10 bits per heavy atom. The second-order valence-corrected chi connectivity index (χ2v) is 5.90. The molecule has 112 valence electrons. The molecule has 2 heterocycles. The zero-order valence-corrected chi connectivity index (χ0v) is 12.6. The van der Waals surface area contributed by atoms with Gasteiger partial charge >= 0.3 is 0 Å². The molecule has 1 aromatic carbocycles. The van der Waals surface area contributed by atoms with E-state index in [1.165, 1.54) is 11.3 Å². The number of para-hydroxylation sites is 1. The van der Waals surface area contributed by atoms with E-state index in [1.807, 2.05) is 30.3 Å². The standard InChI is InChI=1S/C14H19N5OS/c15-13-16-17-14(21-13)19-8-6-18(7-9-19)10-11-20-12-4-2-1-3-5-12/h1-5H,6-11H2,(H2,15,16). The number of hydrogen-bond acceptors (Lipinski definition) is 7. The fraction of sp³-hybridized carbons (Fsp3) is 0.429. The lowest BCUT2D eigenvalue weighted by atomic mass is 10.3. The molecule has 3 rings (SSSR count). The number of piperazine rings is 1. The zero-order valence-electron chi connectivity index (χ0n) is 11.8. The largest absolute Gasteiger partial charge is 0.492 e. The van der Waals surface area contributed by atoms with Gasteiger partial charge in [0.05, 0.1) is 0 Å². The highest BCUT2D eigenvalue weighted by Gasteiger charge is 2.19. The van der Waals surface area contributed by atoms with Crippen LogP contribution in [-0.4, -0.2) is 54.4 Å². The van der Waals surface area contributed by atoms with Crippen molar-refractivity contribution in [3.63, 3.8) is 0 Å². The van der Waals surface area contributed by atoms with Crippen LogP contribution in [0.15, 0.2) is 30.3 Å². The molecule has 1 saturated heterocycles. The monoisotopic (exact) mass is 305 g/mol. The van der Waals surface area contributed by atoms with E-state index in [9.17, 15) is 0 Å². The zero-order chi connectivity index (χ0) is 14.5. The molecule has 2 aromatic rings. The Hall–Kier alpha value is -1.86. The Labute approximate surface area is 128 Å². The molecule has 1 aliphatic heterocycles. The van der Waals surface area contributed by atoms with Gasteiger partial charge in [-0.05, 0) is 12.1 Å². The van der Waals surface area contributed by atoms with Gasteiger partial charge < -0.3 is 15.4 Å². The Morgan fingerprint density at radius 3 is 2.52 bits per heavy atom. The summed E-state index contributed by atoms with van der Waals surface area (Å²) < 4.78 is 5.73. The van der Waals surface area contributed by atoms with Crippen molar-refractivity contribution in [1.29, 1.82) is 0 Å². The molecule has 6 nitrogen and oxygen atoms in total. The number of anilines is 2. The first kappa shape index (κ1) is 14.1. The molecule has 0 saturated carbocycles. The summed E-state index contributed by atoms with van der Waals surface area (Å²) in [5.74, 6) is 0.931. The molecule has 7 heteroatoms. The van der Waals surface area contributed by atoms with Crippen molar-refractivity contribution < 1.29 is 4.74 Å². The van der Waals surface area contributed by atoms with Gasteiger partial charge in [-0.3, -0.25) is 4.90 Å². The van der Waals surface area contributed by atoms with Crippen molar-refractivity contribution in [2.45, 2.75) is 0 Å². The Kier molecular flexibility index (Phi) is 4.52. The number of rotatable bonds is 5. The Bertz CT molecular complexity index is 554. The first-order chi connectivity index (χ1) is 10.3. The molecule has 2 N–H and O–H groups in total. The Balaban J connectivity index is 1.40. The predicted molar refractivity (Wildman–Crippen MR) is 84.9 cm³/mol. The van der Waals surface area contributed by atoms with Crippen molar-refractivity contribution in [2.24, 2.45) is 0 Å². The normalized spacial score (nSPS) is 16.1. The highest BCUT2D eigenvalue weighted by atomic mass is 32.1. The molecule has 0 bridgehead atoms. The summed E-state index contributed by atoms with van der Waals surface area (Å²) in [5, 5.41) is 9.41. The maximum Gasteiger partial charge on any atom is 0.210 e. The fourth-order valence-electron chi connectivity index (χ4n) is 2.33. The van der Waals surface area contributed by atoms with Gasteiger partial charge in [0.25, 0.3) is 0 Å². The van der Waals surface area contributed by atoms with Gasteiger partial charge in [0, 0.05) is 32.7 Å². The van der Waals surface area contributed by atoms with Gasteiger partial charge in [0.15, 0.2) is 0 Å². The van der Waals surface area contributed by atoms with E-state index in [1.54, 1.807) is 0 Å². The van der Waals surface area contributed by atoms with Gasteiger partial charge in [0.2, 0.25) is 10.3 Å². The van der Waals surface area contributed by atoms with Gasteiger partial charge in [-0.1, -0.05) is 29.5 Å². The summed E-state index contributed by atoms with van der Waals surface area (Å²) >= 11 is 1.45. The van der Waals surface area contributed by atoms with Crippen molar-refractivity contribution >= 4 is 21.6 Å². The molecular formula is C14H19N5OS. The second-order valence-electron chi connectivity index (χ2n) is 4.91. The molecule has 0 aliphatic carbocycles. The van der Waals surface area contributed by atoms with Crippen LogP contribution in [0.5, 0.6) is 5.75 Å². The molecule has 0 spiro atoms. The number of hydrogen-bond donors (Lipinski definition) is 1. The van der Waals surface area contributed by atoms with E-state index in [4.69, 9.17) is 10.5 Å². The predicted octanol–water partition coefficient (Wildman–Crippen LogP) is 1.32. The van der Waals surface area contributed by atoms with E-state index in [0.717, 1.165) is 50.2 Å². The number of aromatic nitrogens is 2. The molecule has 1 aromatic heterocycles. The summed E-state index contributed by atoms with van der Waals surface area (Å²) in [6.45, 7) is 5.60. The van der Waals surface area contributed by atoms with Crippen molar-refractivity contribution in [3.05, 3.63) is 30.3 Å². The number of benzene rings is 1. The highest BCUT2D eigenvalue weighted by molar-refractivity contribution is 7.18. The minimum Gasteiger partial charge on any atom is -0.492 e. The summed E-state index contributed by atoms with van der Waals surface area (Å²) in [6.07, 6.45) is 0. The van der Waals surface area contributed by atoms with Gasteiger partial charge in [-0.2, -0.15) is 0 Å². The van der Waals surface area contributed by atoms with Crippen LogP contribution in [0.25, 0.3) is 0 Å². The smallest absolute Gasteiger partial charge is 0.210 e. The molecule has 0 amide bonds. The van der Waals surface area contributed by atoms with Gasteiger partial charge in [-0.25, -0.2) is 0 Å². The van der Waals surface area contributed by atoms with Crippen LogP contribution >= 0.6 is 11.3 Å². The third kappa shape index (κ3) is 3.83. The summed E-state index contributed by atoms with van der Waals surface area (Å²) in [5.41, 5.74) is 5.62. The van der Waals surface area contributed by atoms with Gasteiger partial charge in [0.1, 0.15) is 12.4 Å². The van der Waals surface area contributed by atoms with Crippen LogP contribution in [0.1, 0.15) is 0 Å². The lowest BCUT2D eigenvalue weighted by Crippen LogP contribution is -2.47. The highest BCUT2D eigenvalue weighted by Crippen LogP contribution is 2.22. The van der Waals surface area contributed by atoms with Crippen LogP contribution < -0.4 is 15.4 Å². The third-order valence-electron chi connectivity index (χ3n) is 3.49. The van der Waals surface area contributed by atoms with Crippen molar-refractivity contribution in [2.75, 3.05) is 50.0 Å². The average Bonchev–Trinajstić information content (AvgIpc) is 2.96. The van der Waals surface area contributed by atoms with Crippen LogP contribution in [0, 0.1) is 0 Å². The van der Waals surface area contributed by atoms with Crippen LogP contribution in [-0.2, 0) is 0 Å². The van der Waals surface area contributed by atoms with E-state index in [0.29, 0.717) is 5.13 Å². The topological polar surface area (TPSA) is 67.5 Å². The second kappa shape index (κ2) is 6.73. The number of nitrogens with zero attached hydrogens (tertiary/aromatic N) is 4. The van der Waals surface area contributed by atoms with E-state index < -0.39 is 0 Å². The lowest BCUT2D eigenvalue weighted by Gasteiger charge is -2.34. The first-order valence-corrected chi connectivity index (χ1v) is 7.87. The average molecular weight is 305 g/mol. The summed E-state index contributed by atoms with van der Waals surface area (Å²) in [6, 6.07) is 9.94. The molecular weight excluding hydrogens is 286 g/mol. The molecule has 1 fully saturated rings. The number of nitrogen functional groups attached to an aromatic ring is 1. The van der Waals surface area contributed by atoms with Crippen molar-refractivity contribution in [3.8, 4) is 5.75 Å². The molecule has 21 heavy (non-hydrogen) atoms. The fourth-order valence-corrected chi connectivity index (χ4v) is 2.99. The maximum atomic E-state index is 5.73. The van der Waals surface area contributed by atoms with E-state index in [2.05, 4.69) is 20.0 Å². The number of ether oxygens (including phenoxy) is 1. The Morgan fingerprint density at radius 2 is 1.86 bits per heavy atom. The molecule has 0 atom stereocenters. The van der Waals surface area contributed by atoms with E-state index in [-0.39, 0.29) is 0 Å². The minimum atomic E-state index is 0.531. The van der Waals surface area contributed by atoms with Crippen LogP contribution in [0.4, 0.5) is 10.3 Å². The number of nitrogens with two attached hydrogens (primary N) is 1.